The lowest BCUT2D eigenvalue weighted by Crippen LogP contribution is -2.41. The second-order valence-corrected chi connectivity index (χ2v) is 5.23. The number of hydrogen-bond acceptors (Lipinski definition) is 3. The molecule has 2 aromatic rings. The number of para-hydroxylation sites is 2. The number of ketones is 1. The van der Waals surface area contributed by atoms with Crippen LogP contribution in [0.15, 0.2) is 48.5 Å². The van der Waals surface area contributed by atoms with Crippen LogP contribution >= 0.6 is 0 Å². The lowest BCUT2D eigenvalue weighted by molar-refractivity contribution is 0.0995. The molecule has 0 bridgehead atoms. The molecule has 0 aliphatic carbocycles. The van der Waals surface area contributed by atoms with Crippen molar-refractivity contribution < 1.29 is 9.18 Å². The van der Waals surface area contributed by atoms with Gasteiger partial charge in [0.25, 0.3) is 0 Å². The summed E-state index contributed by atoms with van der Waals surface area (Å²) in [5.41, 5.74) is 2.29. The van der Waals surface area contributed by atoms with Gasteiger partial charge in [0.05, 0.1) is 23.5 Å². The number of likely N-dealkylation sites (N-methyl/N-ethyl adjacent to an activating group) is 1. The lowest BCUT2D eigenvalue weighted by atomic mass is 10.1. The molecule has 0 aromatic heterocycles. The number of Topliss-reactive ketones (excluding diaryl/α,β-unsaturated/α-hetero) is 1. The van der Waals surface area contributed by atoms with Crippen LogP contribution in [0.25, 0.3) is 0 Å². The van der Waals surface area contributed by atoms with Gasteiger partial charge in [0.2, 0.25) is 0 Å². The number of nitrogens with zero attached hydrogens (tertiary/aromatic N) is 2. The van der Waals surface area contributed by atoms with E-state index < -0.39 is 5.82 Å². The minimum atomic E-state index is -0.454. The van der Waals surface area contributed by atoms with Crippen molar-refractivity contribution in [1.82, 2.24) is 0 Å². The van der Waals surface area contributed by atoms with Crippen molar-refractivity contribution >= 4 is 17.2 Å². The van der Waals surface area contributed by atoms with Crippen molar-refractivity contribution in [2.45, 2.75) is 0 Å². The van der Waals surface area contributed by atoms with Crippen LogP contribution in [0.4, 0.5) is 15.8 Å². The number of anilines is 2. The van der Waals surface area contributed by atoms with Gasteiger partial charge in [-0.25, -0.2) is 4.39 Å². The van der Waals surface area contributed by atoms with Gasteiger partial charge in [-0.15, -0.1) is 0 Å². The molecule has 4 heteroatoms. The quantitative estimate of drug-likeness (QED) is 0.810. The maximum absolute atomic E-state index is 13.7. The summed E-state index contributed by atoms with van der Waals surface area (Å²) in [4.78, 5) is 16.5. The monoisotopic (exact) mass is 284 g/mol. The van der Waals surface area contributed by atoms with Crippen LogP contribution in [0.5, 0.6) is 0 Å². The van der Waals surface area contributed by atoms with Crippen LogP contribution in [-0.2, 0) is 0 Å². The van der Waals surface area contributed by atoms with Crippen molar-refractivity contribution in [1.29, 1.82) is 0 Å². The zero-order valence-corrected chi connectivity index (χ0v) is 11.9. The summed E-state index contributed by atoms with van der Waals surface area (Å²) >= 11 is 0. The molecule has 0 amide bonds. The fourth-order valence-corrected chi connectivity index (χ4v) is 2.68. The highest BCUT2D eigenvalue weighted by Gasteiger charge is 2.22. The normalized spacial score (nSPS) is 14.0. The Morgan fingerprint density at radius 3 is 2.48 bits per heavy atom. The molecule has 0 unspecified atom stereocenters. The Bertz CT molecular complexity index is 671. The molecular formula is C17H17FN2O. The number of fused-ring (bicyclic) bond motifs is 1. The van der Waals surface area contributed by atoms with E-state index in [1.54, 1.807) is 18.2 Å². The van der Waals surface area contributed by atoms with E-state index in [0.717, 1.165) is 24.5 Å². The molecule has 3 rings (SSSR count). The first-order chi connectivity index (χ1) is 10.2. The lowest BCUT2D eigenvalue weighted by Gasteiger charge is -2.36. The Hall–Kier alpha value is -2.36. The summed E-state index contributed by atoms with van der Waals surface area (Å²) in [5.74, 6) is -0.641. The Labute approximate surface area is 123 Å². The van der Waals surface area contributed by atoms with Crippen molar-refractivity contribution in [2.75, 3.05) is 36.5 Å². The first-order valence-electron chi connectivity index (χ1n) is 6.99. The highest BCUT2D eigenvalue weighted by atomic mass is 19.1. The predicted octanol–water partition coefficient (Wildman–Crippen LogP) is 2.96. The second-order valence-electron chi connectivity index (χ2n) is 5.23. The van der Waals surface area contributed by atoms with E-state index in [4.69, 9.17) is 0 Å². The van der Waals surface area contributed by atoms with E-state index in [1.807, 2.05) is 36.2 Å². The molecule has 0 fully saturated rings. The maximum atomic E-state index is 13.7. The van der Waals surface area contributed by atoms with Gasteiger partial charge in [0.15, 0.2) is 5.78 Å². The highest BCUT2D eigenvalue weighted by molar-refractivity contribution is 6.00. The van der Waals surface area contributed by atoms with E-state index in [1.165, 1.54) is 6.07 Å². The highest BCUT2D eigenvalue weighted by Crippen LogP contribution is 2.31. The molecule has 1 heterocycles. The van der Waals surface area contributed by atoms with Crippen molar-refractivity contribution in [3.8, 4) is 0 Å². The summed E-state index contributed by atoms with van der Waals surface area (Å²) in [6.07, 6.45) is 0. The molecule has 0 saturated heterocycles. The van der Waals surface area contributed by atoms with Crippen molar-refractivity contribution in [3.63, 3.8) is 0 Å². The average Bonchev–Trinajstić information content (AvgIpc) is 2.51. The SMILES string of the molecule is CN1CCN(CC(=O)c2ccccc2F)c2ccccc21. The molecule has 1 aliphatic rings. The first kappa shape index (κ1) is 13.6. The molecule has 21 heavy (non-hydrogen) atoms. The standard InChI is InChI=1S/C17H17FN2O/c1-19-10-11-20(16-9-5-4-8-15(16)19)12-17(21)13-6-2-3-7-14(13)18/h2-9H,10-12H2,1H3. The molecule has 1 aliphatic heterocycles. The van der Waals surface area contributed by atoms with Gasteiger partial charge in [-0.1, -0.05) is 24.3 Å². The van der Waals surface area contributed by atoms with E-state index in [-0.39, 0.29) is 17.9 Å². The Balaban J connectivity index is 1.85. The summed E-state index contributed by atoms with van der Waals surface area (Å²) in [7, 11) is 2.04. The van der Waals surface area contributed by atoms with E-state index in [0.29, 0.717) is 0 Å². The van der Waals surface area contributed by atoms with Crippen molar-refractivity contribution in [3.05, 3.63) is 59.9 Å². The van der Waals surface area contributed by atoms with Crippen LogP contribution in [0, 0.1) is 5.82 Å². The van der Waals surface area contributed by atoms with Gasteiger partial charge < -0.3 is 9.80 Å². The number of halogens is 1. The fourth-order valence-electron chi connectivity index (χ4n) is 2.68. The molecule has 0 saturated carbocycles. The van der Waals surface area contributed by atoms with Gasteiger partial charge in [-0.05, 0) is 24.3 Å². The molecule has 3 nitrogen and oxygen atoms in total. The number of rotatable bonds is 3. The Morgan fingerprint density at radius 1 is 1.05 bits per heavy atom. The smallest absolute Gasteiger partial charge is 0.185 e. The molecule has 2 aromatic carbocycles. The number of carbonyl (C=O) groups excluding carboxylic acids is 1. The summed E-state index contributed by atoms with van der Waals surface area (Å²) < 4.78 is 13.7. The first-order valence-corrected chi connectivity index (χ1v) is 6.99. The van der Waals surface area contributed by atoms with Crippen LogP contribution in [0.3, 0.4) is 0 Å². The van der Waals surface area contributed by atoms with Gasteiger partial charge in [0.1, 0.15) is 5.82 Å². The Morgan fingerprint density at radius 2 is 1.71 bits per heavy atom. The number of hydrogen-bond donors (Lipinski definition) is 0. The maximum Gasteiger partial charge on any atom is 0.185 e. The third-order valence-electron chi connectivity index (χ3n) is 3.85. The topological polar surface area (TPSA) is 23.6 Å². The zero-order chi connectivity index (χ0) is 14.8. The number of benzene rings is 2. The van der Waals surface area contributed by atoms with Gasteiger partial charge in [0, 0.05) is 20.1 Å². The molecular weight excluding hydrogens is 267 g/mol. The zero-order valence-electron chi connectivity index (χ0n) is 11.9. The molecule has 0 atom stereocenters. The van der Waals surface area contributed by atoms with Crippen LogP contribution in [0.1, 0.15) is 10.4 Å². The summed E-state index contributed by atoms with van der Waals surface area (Å²) in [6, 6.07) is 14.1. The van der Waals surface area contributed by atoms with Gasteiger partial charge in [-0.2, -0.15) is 0 Å². The van der Waals surface area contributed by atoms with Crippen LogP contribution in [-0.4, -0.2) is 32.5 Å². The van der Waals surface area contributed by atoms with Crippen molar-refractivity contribution in [2.24, 2.45) is 0 Å². The fraction of sp³-hybridized carbons (Fsp3) is 0.235. The van der Waals surface area contributed by atoms with E-state index in [2.05, 4.69) is 4.90 Å². The molecule has 0 spiro atoms. The Kier molecular flexibility index (Phi) is 3.60. The van der Waals surface area contributed by atoms with E-state index in [9.17, 15) is 9.18 Å². The second kappa shape index (κ2) is 5.56. The van der Waals surface area contributed by atoms with Crippen LogP contribution in [0.2, 0.25) is 0 Å². The minimum absolute atomic E-state index is 0.161. The molecule has 0 radical (unpaired) electrons. The largest absolute Gasteiger partial charge is 0.371 e. The van der Waals surface area contributed by atoms with Gasteiger partial charge >= 0.3 is 0 Å². The predicted molar refractivity (Wildman–Crippen MR) is 82.7 cm³/mol. The minimum Gasteiger partial charge on any atom is -0.371 e. The molecule has 108 valence electrons. The van der Waals surface area contributed by atoms with Crippen LogP contribution < -0.4 is 9.80 Å². The van der Waals surface area contributed by atoms with E-state index >= 15 is 0 Å². The average molecular weight is 284 g/mol. The number of carbonyl (C=O) groups is 1. The van der Waals surface area contributed by atoms with Gasteiger partial charge in [-0.3, -0.25) is 4.79 Å². The summed E-state index contributed by atoms with van der Waals surface area (Å²) in [6.45, 7) is 1.81. The third kappa shape index (κ3) is 2.61. The summed E-state index contributed by atoms with van der Waals surface area (Å²) in [5, 5.41) is 0. The molecule has 0 N–H and O–H groups in total. The third-order valence-corrected chi connectivity index (χ3v) is 3.85.